The SMILES string of the molecule is O=C1Cc2cc(NC(=O)NCc3ccccc3)ccc2N1. The van der Waals surface area contributed by atoms with Crippen molar-refractivity contribution >= 4 is 23.3 Å². The molecule has 5 nitrogen and oxygen atoms in total. The molecule has 21 heavy (non-hydrogen) atoms. The predicted molar refractivity (Wildman–Crippen MR) is 81.1 cm³/mol. The molecule has 0 unspecified atom stereocenters. The van der Waals surface area contributed by atoms with E-state index in [4.69, 9.17) is 0 Å². The molecule has 2 aromatic rings. The van der Waals surface area contributed by atoms with Crippen LogP contribution in [0.2, 0.25) is 0 Å². The van der Waals surface area contributed by atoms with Crippen LogP contribution in [-0.4, -0.2) is 11.9 Å². The van der Waals surface area contributed by atoms with Crippen LogP contribution in [0.25, 0.3) is 0 Å². The lowest BCUT2D eigenvalue weighted by Crippen LogP contribution is -2.28. The number of hydrogen-bond donors (Lipinski definition) is 3. The summed E-state index contributed by atoms with van der Waals surface area (Å²) in [6, 6.07) is 14.8. The Hall–Kier alpha value is -2.82. The molecular weight excluding hydrogens is 266 g/mol. The second kappa shape index (κ2) is 5.66. The van der Waals surface area contributed by atoms with Crippen molar-refractivity contribution in [3.05, 3.63) is 59.7 Å². The fourth-order valence-electron chi connectivity index (χ4n) is 2.26. The second-order valence-corrected chi connectivity index (χ2v) is 4.89. The third-order valence-electron chi connectivity index (χ3n) is 3.28. The molecule has 0 atom stereocenters. The number of carbonyl (C=O) groups excluding carboxylic acids is 2. The van der Waals surface area contributed by atoms with Gasteiger partial charge in [-0.2, -0.15) is 0 Å². The van der Waals surface area contributed by atoms with Crippen LogP contribution < -0.4 is 16.0 Å². The molecule has 0 saturated carbocycles. The van der Waals surface area contributed by atoms with E-state index in [9.17, 15) is 9.59 Å². The van der Waals surface area contributed by atoms with Crippen molar-refractivity contribution in [2.24, 2.45) is 0 Å². The lowest BCUT2D eigenvalue weighted by molar-refractivity contribution is -0.115. The second-order valence-electron chi connectivity index (χ2n) is 4.89. The van der Waals surface area contributed by atoms with Crippen LogP contribution in [0.4, 0.5) is 16.2 Å². The highest BCUT2D eigenvalue weighted by atomic mass is 16.2. The highest BCUT2D eigenvalue weighted by molar-refractivity contribution is 6.00. The Kier molecular flexibility index (Phi) is 3.55. The molecule has 0 saturated heterocycles. The topological polar surface area (TPSA) is 70.2 Å². The van der Waals surface area contributed by atoms with Crippen LogP contribution in [0.15, 0.2) is 48.5 Å². The number of fused-ring (bicyclic) bond motifs is 1. The molecule has 0 fully saturated rings. The van der Waals surface area contributed by atoms with Gasteiger partial charge in [-0.1, -0.05) is 30.3 Å². The number of carbonyl (C=O) groups is 2. The lowest BCUT2D eigenvalue weighted by atomic mass is 10.1. The number of urea groups is 1. The molecule has 0 spiro atoms. The first-order valence-electron chi connectivity index (χ1n) is 6.72. The summed E-state index contributed by atoms with van der Waals surface area (Å²) < 4.78 is 0. The summed E-state index contributed by atoms with van der Waals surface area (Å²) in [5, 5.41) is 8.32. The standard InChI is InChI=1S/C16H15N3O2/c20-15-9-12-8-13(6-7-14(12)19-15)18-16(21)17-10-11-4-2-1-3-5-11/h1-8H,9-10H2,(H,19,20)(H2,17,18,21). The summed E-state index contributed by atoms with van der Waals surface area (Å²) in [4.78, 5) is 23.1. The van der Waals surface area contributed by atoms with Crippen molar-refractivity contribution in [3.8, 4) is 0 Å². The van der Waals surface area contributed by atoms with Crippen molar-refractivity contribution in [1.29, 1.82) is 0 Å². The summed E-state index contributed by atoms with van der Waals surface area (Å²) in [5.41, 5.74) is 3.43. The van der Waals surface area contributed by atoms with Crippen molar-refractivity contribution in [1.82, 2.24) is 5.32 Å². The number of amides is 3. The first-order valence-corrected chi connectivity index (χ1v) is 6.72. The molecule has 3 amide bonds. The van der Waals surface area contributed by atoms with Crippen LogP contribution in [-0.2, 0) is 17.8 Å². The Morgan fingerprint density at radius 3 is 2.76 bits per heavy atom. The monoisotopic (exact) mass is 281 g/mol. The summed E-state index contributed by atoms with van der Waals surface area (Å²) >= 11 is 0. The van der Waals surface area contributed by atoms with Gasteiger partial charge in [-0.15, -0.1) is 0 Å². The Balaban J connectivity index is 1.58. The fraction of sp³-hybridized carbons (Fsp3) is 0.125. The first kappa shape index (κ1) is 13.2. The van der Waals surface area contributed by atoms with E-state index in [0.29, 0.717) is 18.7 Å². The van der Waals surface area contributed by atoms with E-state index in [1.165, 1.54) is 0 Å². The first-order chi connectivity index (χ1) is 10.2. The molecule has 106 valence electrons. The average molecular weight is 281 g/mol. The highest BCUT2D eigenvalue weighted by Crippen LogP contribution is 2.25. The molecule has 1 heterocycles. The Labute approximate surface area is 122 Å². The third kappa shape index (κ3) is 3.20. The summed E-state index contributed by atoms with van der Waals surface area (Å²) in [7, 11) is 0. The van der Waals surface area contributed by atoms with Crippen molar-refractivity contribution in [3.63, 3.8) is 0 Å². The van der Waals surface area contributed by atoms with Crippen LogP contribution in [0.3, 0.4) is 0 Å². The molecule has 1 aliphatic heterocycles. The quantitative estimate of drug-likeness (QED) is 0.809. The minimum absolute atomic E-state index is 0.0179. The van der Waals surface area contributed by atoms with Gasteiger partial charge in [0.25, 0.3) is 0 Å². The number of hydrogen-bond acceptors (Lipinski definition) is 2. The molecule has 3 N–H and O–H groups in total. The predicted octanol–water partition coefficient (Wildman–Crippen LogP) is 2.50. The summed E-state index contributed by atoms with van der Waals surface area (Å²) in [6.07, 6.45) is 0.358. The molecular formula is C16H15N3O2. The van der Waals surface area contributed by atoms with E-state index in [1.54, 1.807) is 12.1 Å². The molecule has 0 bridgehead atoms. The summed E-state index contributed by atoms with van der Waals surface area (Å²) in [5.74, 6) is -0.0179. The summed E-state index contributed by atoms with van der Waals surface area (Å²) in [6.45, 7) is 0.470. The zero-order valence-electron chi connectivity index (χ0n) is 11.3. The molecule has 2 aromatic carbocycles. The maximum atomic E-state index is 11.8. The van der Waals surface area contributed by atoms with Gasteiger partial charge in [0.05, 0.1) is 6.42 Å². The van der Waals surface area contributed by atoms with E-state index in [-0.39, 0.29) is 11.9 Å². The van der Waals surface area contributed by atoms with Crippen molar-refractivity contribution < 1.29 is 9.59 Å². The highest BCUT2D eigenvalue weighted by Gasteiger charge is 2.17. The van der Waals surface area contributed by atoms with Gasteiger partial charge in [-0.05, 0) is 29.3 Å². The van der Waals surface area contributed by atoms with Crippen LogP contribution in [0, 0.1) is 0 Å². The van der Waals surface area contributed by atoms with E-state index in [0.717, 1.165) is 16.8 Å². The van der Waals surface area contributed by atoms with Crippen LogP contribution >= 0.6 is 0 Å². The van der Waals surface area contributed by atoms with Gasteiger partial charge in [0.15, 0.2) is 0 Å². The zero-order valence-corrected chi connectivity index (χ0v) is 11.3. The molecule has 3 rings (SSSR count). The van der Waals surface area contributed by atoms with Gasteiger partial charge in [0.1, 0.15) is 0 Å². The van der Waals surface area contributed by atoms with E-state index in [2.05, 4.69) is 16.0 Å². The number of anilines is 2. The molecule has 1 aliphatic rings. The zero-order chi connectivity index (χ0) is 14.7. The minimum atomic E-state index is -0.268. The molecule has 5 heteroatoms. The van der Waals surface area contributed by atoms with Crippen LogP contribution in [0.1, 0.15) is 11.1 Å². The number of benzene rings is 2. The van der Waals surface area contributed by atoms with Crippen LogP contribution in [0.5, 0.6) is 0 Å². The smallest absolute Gasteiger partial charge is 0.319 e. The number of nitrogens with one attached hydrogen (secondary N) is 3. The molecule has 0 aromatic heterocycles. The average Bonchev–Trinajstić information content (AvgIpc) is 2.85. The Morgan fingerprint density at radius 2 is 1.95 bits per heavy atom. The number of rotatable bonds is 3. The van der Waals surface area contributed by atoms with Gasteiger partial charge in [-0.25, -0.2) is 4.79 Å². The van der Waals surface area contributed by atoms with E-state index < -0.39 is 0 Å². The normalized spacial score (nSPS) is 12.5. The van der Waals surface area contributed by atoms with Gasteiger partial charge >= 0.3 is 6.03 Å². The molecule has 0 aliphatic carbocycles. The largest absolute Gasteiger partial charge is 0.334 e. The lowest BCUT2D eigenvalue weighted by Gasteiger charge is -2.09. The Bertz CT molecular complexity index is 683. The minimum Gasteiger partial charge on any atom is -0.334 e. The Morgan fingerprint density at radius 1 is 1.14 bits per heavy atom. The fourth-order valence-corrected chi connectivity index (χ4v) is 2.26. The third-order valence-corrected chi connectivity index (χ3v) is 3.28. The van der Waals surface area contributed by atoms with E-state index in [1.807, 2.05) is 36.4 Å². The van der Waals surface area contributed by atoms with Gasteiger partial charge in [0, 0.05) is 17.9 Å². The van der Waals surface area contributed by atoms with Gasteiger partial charge in [-0.3, -0.25) is 4.79 Å². The van der Waals surface area contributed by atoms with Gasteiger partial charge < -0.3 is 16.0 Å². The van der Waals surface area contributed by atoms with Gasteiger partial charge in [0.2, 0.25) is 5.91 Å². The van der Waals surface area contributed by atoms with E-state index >= 15 is 0 Å². The molecule has 0 radical (unpaired) electrons. The van der Waals surface area contributed by atoms with Crippen molar-refractivity contribution in [2.75, 3.05) is 10.6 Å². The maximum absolute atomic E-state index is 11.8. The van der Waals surface area contributed by atoms with Crippen molar-refractivity contribution in [2.45, 2.75) is 13.0 Å². The maximum Gasteiger partial charge on any atom is 0.319 e.